The molecule has 0 radical (unpaired) electrons. The van der Waals surface area contributed by atoms with Gasteiger partial charge in [-0.1, -0.05) is 6.92 Å². The molecule has 1 aliphatic rings. The van der Waals surface area contributed by atoms with Crippen molar-refractivity contribution in [2.45, 2.75) is 26.2 Å². The average molecular weight is 240 g/mol. The first-order valence-electron chi connectivity index (χ1n) is 6.11. The monoisotopic (exact) mass is 240 g/mol. The highest BCUT2D eigenvalue weighted by molar-refractivity contribution is 5.56. The second-order valence-electron chi connectivity index (χ2n) is 4.72. The summed E-state index contributed by atoms with van der Waals surface area (Å²) in [5.41, 5.74) is 5.63. The summed E-state index contributed by atoms with van der Waals surface area (Å²) in [5.74, 6) is -0.522. The zero-order valence-electron chi connectivity index (χ0n) is 10.0. The van der Waals surface area contributed by atoms with Crippen molar-refractivity contribution < 1.29 is 8.78 Å². The lowest BCUT2D eigenvalue weighted by Crippen LogP contribution is -2.28. The van der Waals surface area contributed by atoms with Gasteiger partial charge in [-0.2, -0.15) is 0 Å². The van der Waals surface area contributed by atoms with Crippen molar-refractivity contribution in [3.63, 3.8) is 0 Å². The molecule has 2 nitrogen and oxygen atoms in total. The number of anilines is 2. The van der Waals surface area contributed by atoms with Crippen molar-refractivity contribution in [2.75, 3.05) is 23.7 Å². The van der Waals surface area contributed by atoms with Gasteiger partial charge in [0, 0.05) is 18.8 Å². The molecule has 1 saturated carbocycles. The summed E-state index contributed by atoms with van der Waals surface area (Å²) in [6, 6.07) is 2.38. The Labute approximate surface area is 100 Å². The highest BCUT2D eigenvalue weighted by Crippen LogP contribution is 2.33. The number of rotatable bonds is 5. The van der Waals surface area contributed by atoms with E-state index in [-0.39, 0.29) is 11.4 Å². The van der Waals surface area contributed by atoms with Crippen LogP contribution in [0.4, 0.5) is 20.2 Å². The van der Waals surface area contributed by atoms with Gasteiger partial charge in [0.2, 0.25) is 0 Å². The normalized spacial score (nSPS) is 15.0. The molecule has 17 heavy (non-hydrogen) atoms. The van der Waals surface area contributed by atoms with Gasteiger partial charge < -0.3 is 10.6 Å². The molecule has 0 heterocycles. The van der Waals surface area contributed by atoms with Crippen molar-refractivity contribution in [1.82, 2.24) is 0 Å². The molecule has 2 rings (SSSR count). The van der Waals surface area contributed by atoms with Crippen LogP contribution >= 0.6 is 0 Å². The molecular weight excluding hydrogens is 222 g/mol. The SMILES string of the molecule is CCCN(CC1CC1)c1c(F)cc(N)cc1F. The quantitative estimate of drug-likeness (QED) is 0.801. The van der Waals surface area contributed by atoms with Crippen LogP contribution < -0.4 is 10.6 Å². The van der Waals surface area contributed by atoms with Gasteiger partial charge in [0.1, 0.15) is 5.69 Å². The van der Waals surface area contributed by atoms with Crippen LogP contribution in [0.25, 0.3) is 0 Å². The van der Waals surface area contributed by atoms with Crippen LogP contribution in [-0.2, 0) is 0 Å². The maximum absolute atomic E-state index is 13.8. The second kappa shape index (κ2) is 4.90. The van der Waals surface area contributed by atoms with Crippen molar-refractivity contribution in [1.29, 1.82) is 0 Å². The Bertz CT molecular complexity index is 379. The van der Waals surface area contributed by atoms with E-state index in [1.807, 2.05) is 11.8 Å². The third-order valence-corrected chi connectivity index (χ3v) is 3.02. The van der Waals surface area contributed by atoms with E-state index in [1.165, 1.54) is 25.0 Å². The Morgan fingerprint density at radius 1 is 1.29 bits per heavy atom. The molecule has 94 valence electrons. The molecule has 0 bridgehead atoms. The summed E-state index contributed by atoms with van der Waals surface area (Å²) in [5, 5.41) is 0. The summed E-state index contributed by atoms with van der Waals surface area (Å²) in [6.07, 6.45) is 3.20. The third-order valence-electron chi connectivity index (χ3n) is 3.02. The lowest BCUT2D eigenvalue weighted by molar-refractivity contribution is 0.564. The zero-order chi connectivity index (χ0) is 12.4. The minimum atomic E-state index is -0.559. The Morgan fingerprint density at radius 2 is 1.88 bits per heavy atom. The fraction of sp³-hybridized carbons (Fsp3) is 0.538. The van der Waals surface area contributed by atoms with Crippen LogP contribution in [0.5, 0.6) is 0 Å². The third kappa shape index (κ3) is 2.87. The standard InChI is InChI=1S/C13H18F2N2/c1-2-5-17(8-9-3-4-9)13-11(14)6-10(16)7-12(13)15/h6-7,9H,2-5,8,16H2,1H3. The van der Waals surface area contributed by atoms with E-state index in [4.69, 9.17) is 5.73 Å². The lowest BCUT2D eigenvalue weighted by atomic mass is 10.2. The van der Waals surface area contributed by atoms with Gasteiger partial charge in [0.15, 0.2) is 11.6 Å². The number of nitrogen functional groups attached to an aromatic ring is 1. The van der Waals surface area contributed by atoms with E-state index in [0.717, 1.165) is 13.0 Å². The first-order valence-corrected chi connectivity index (χ1v) is 6.11. The number of benzene rings is 1. The highest BCUT2D eigenvalue weighted by Gasteiger charge is 2.26. The van der Waals surface area contributed by atoms with Gasteiger partial charge >= 0.3 is 0 Å². The largest absolute Gasteiger partial charge is 0.399 e. The molecule has 1 aromatic rings. The van der Waals surface area contributed by atoms with E-state index in [9.17, 15) is 8.78 Å². The van der Waals surface area contributed by atoms with Gasteiger partial charge in [-0.3, -0.25) is 0 Å². The number of hydrogen-bond acceptors (Lipinski definition) is 2. The minimum Gasteiger partial charge on any atom is -0.399 e. The van der Waals surface area contributed by atoms with E-state index >= 15 is 0 Å². The van der Waals surface area contributed by atoms with Crippen molar-refractivity contribution in [2.24, 2.45) is 5.92 Å². The maximum atomic E-state index is 13.8. The molecular formula is C13H18F2N2. The van der Waals surface area contributed by atoms with Crippen molar-refractivity contribution >= 4 is 11.4 Å². The van der Waals surface area contributed by atoms with Crippen LogP contribution in [0, 0.1) is 17.6 Å². The number of hydrogen-bond donors (Lipinski definition) is 1. The molecule has 0 spiro atoms. The predicted octanol–water partition coefficient (Wildman–Crippen LogP) is 3.17. The molecule has 1 fully saturated rings. The number of nitrogens with zero attached hydrogens (tertiary/aromatic N) is 1. The molecule has 4 heteroatoms. The smallest absolute Gasteiger partial charge is 0.151 e. The number of nitrogens with two attached hydrogens (primary N) is 1. The van der Waals surface area contributed by atoms with Crippen LogP contribution in [-0.4, -0.2) is 13.1 Å². The molecule has 0 amide bonds. The molecule has 0 aliphatic heterocycles. The lowest BCUT2D eigenvalue weighted by Gasteiger charge is -2.25. The van der Waals surface area contributed by atoms with E-state index < -0.39 is 11.6 Å². The van der Waals surface area contributed by atoms with Gasteiger partial charge in [0.25, 0.3) is 0 Å². The molecule has 0 aromatic heterocycles. The Hall–Kier alpha value is -1.32. The van der Waals surface area contributed by atoms with Gasteiger partial charge in [0.05, 0.1) is 0 Å². The maximum Gasteiger partial charge on any atom is 0.151 e. The van der Waals surface area contributed by atoms with E-state index in [1.54, 1.807) is 0 Å². The first kappa shape index (κ1) is 12.1. The molecule has 0 saturated heterocycles. The van der Waals surface area contributed by atoms with Gasteiger partial charge in [-0.05, 0) is 37.3 Å². The molecule has 1 aliphatic carbocycles. The van der Waals surface area contributed by atoms with Gasteiger partial charge in [-0.25, -0.2) is 8.78 Å². The summed E-state index contributed by atoms with van der Waals surface area (Å²) >= 11 is 0. The minimum absolute atomic E-state index is 0.0768. The average Bonchev–Trinajstić information content (AvgIpc) is 3.00. The first-order chi connectivity index (χ1) is 8.11. The Kier molecular flexibility index (Phi) is 3.50. The highest BCUT2D eigenvalue weighted by atomic mass is 19.1. The topological polar surface area (TPSA) is 29.3 Å². The van der Waals surface area contributed by atoms with Crippen LogP contribution in [0.2, 0.25) is 0 Å². The second-order valence-corrected chi connectivity index (χ2v) is 4.72. The van der Waals surface area contributed by atoms with E-state index in [0.29, 0.717) is 12.5 Å². The zero-order valence-corrected chi connectivity index (χ0v) is 10.0. The van der Waals surface area contributed by atoms with Crippen molar-refractivity contribution in [3.05, 3.63) is 23.8 Å². The summed E-state index contributed by atoms with van der Waals surface area (Å²) in [6.45, 7) is 3.42. The molecule has 1 aromatic carbocycles. The van der Waals surface area contributed by atoms with Crippen LogP contribution in [0.1, 0.15) is 26.2 Å². The summed E-state index contributed by atoms with van der Waals surface area (Å²) < 4.78 is 27.6. The fourth-order valence-corrected chi connectivity index (χ4v) is 2.06. The van der Waals surface area contributed by atoms with Gasteiger partial charge in [-0.15, -0.1) is 0 Å². The summed E-state index contributed by atoms with van der Waals surface area (Å²) in [4.78, 5) is 1.81. The molecule has 0 unspecified atom stereocenters. The molecule has 2 N–H and O–H groups in total. The van der Waals surface area contributed by atoms with Crippen molar-refractivity contribution in [3.8, 4) is 0 Å². The Balaban J connectivity index is 2.26. The van der Waals surface area contributed by atoms with E-state index in [2.05, 4.69) is 0 Å². The predicted molar refractivity (Wildman–Crippen MR) is 66.0 cm³/mol. The molecule has 0 atom stereocenters. The fourth-order valence-electron chi connectivity index (χ4n) is 2.06. The van der Waals surface area contributed by atoms with Crippen LogP contribution in [0.15, 0.2) is 12.1 Å². The number of halogens is 2. The summed E-state index contributed by atoms with van der Waals surface area (Å²) in [7, 11) is 0. The Morgan fingerprint density at radius 3 is 2.35 bits per heavy atom. The van der Waals surface area contributed by atoms with Crippen LogP contribution in [0.3, 0.4) is 0 Å².